The van der Waals surface area contributed by atoms with Crippen LogP contribution in [0, 0.1) is 0 Å². The third-order valence-corrected chi connectivity index (χ3v) is 18.1. The van der Waals surface area contributed by atoms with Crippen LogP contribution in [-0.4, -0.2) is 365 Å². The molecule has 47 heteroatoms. The van der Waals surface area contributed by atoms with Gasteiger partial charge in [-0.15, -0.1) is 0 Å². The first kappa shape index (κ1) is 112. The van der Waals surface area contributed by atoms with Gasteiger partial charge in [0.05, 0.1) is 119 Å². The number of ether oxygens (including phenoxy) is 25. The number of rotatable bonds is 66. The molecule has 0 saturated carbocycles. The van der Waals surface area contributed by atoms with Gasteiger partial charge in [-0.05, 0) is 44.1 Å². The maximum absolute atomic E-state index is 14.3. The van der Waals surface area contributed by atoms with E-state index in [2.05, 4.69) is 31.9 Å². The lowest BCUT2D eigenvalue weighted by atomic mass is 9.96. The van der Waals surface area contributed by atoms with Crippen molar-refractivity contribution < 1.29 is 195 Å². The molecular weight excluding hydrogens is 1740 g/mol. The van der Waals surface area contributed by atoms with Crippen molar-refractivity contribution in [1.82, 2.24) is 31.9 Å². The van der Waals surface area contributed by atoms with Gasteiger partial charge in [0.25, 0.3) is 0 Å². The van der Waals surface area contributed by atoms with Crippen molar-refractivity contribution in [2.45, 2.75) is 226 Å². The van der Waals surface area contributed by atoms with Gasteiger partial charge in [0.2, 0.25) is 35.4 Å². The molecule has 1 aromatic carbocycles. The standard InChI is InChI=1S/C83H128N6O41/c1-51(90)86-73-78(126-60(10)99)76(124-58(8)97)67(46-119-54(4)93)129-82(73)116-41-38-110-29-26-107-32-35-112-48-69(101)84-23-17-15-21-63(88-71(103)50-114-36-33-108-27-30-111-39-42-117-83-74(87-52(2)91)79(127-61(11)100)77(125-59(9)98)68(130-83)47-120-55(5)94)80(104)89-64(81(105)121-44-62-19-13-12-14-20-62)22-16-18-24-85-70(102)49-113-34-31-106-25-28-109-37-40-115-72-43-65(122-56(6)95)75(123-57(7)96)66(128-72)45-118-53(3)92/h12-14,19-20,63-68,72-79,82-83H,15-18,21-50H2,1-11H3,(H,84,101)(H,85,102)(H,86,90)(H,87,91)(H,88,103)(H,89,104)/t63-,64-,65+,66+,67+,68+,72+,73+,74+,75+,76-,77-,78+,79+,82+,83+/m0/s1. The Labute approximate surface area is 752 Å². The fourth-order valence-corrected chi connectivity index (χ4v) is 12.7. The minimum Gasteiger partial charge on any atom is -0.463 e. The van der Waals surface area contributed by atoms with Crippen LogP contribution in [0.25, 0.3) is 0 Å². The van der Waals surface area contributed by atoms with E-state index >= 15 is 0 Å². The normalized spacial score (nSPS) is 21.5. The zero-order valence-electron chi connectivity index (χ0n) is 75.4. The number of carbonyl (C=O) groups is 16. The Kier molecular flexibility index (Phi) is 56.8. The third kappa shape index (κ3) is 50.0. The molecule has 0 aromatic heterocycles. The summed E-state index contributed by atoms with van der Waals surface area (Å²) in [7, 11) is 0. The molecule has 3 aliphatic heterocycles. The Morgan fingerprint density at radius 1 is 0.346 bits per heavy atom. The maximum Gasteiger partial charge on any atom is 0.328 e. The smallest absolute Gasteiger partial charge is 0.328 e. The topological polar surface area (TPSA) is 576 Å². The molecule has 0 spiro atoms. The summed E-state index contributed by atoms with van der Waals surface area (Å²) in [6.45, 7) is 11.4. The summed E-state index contributed by atoms with van der Waals surface area (Å²) in [4.78, 5) is 199. The lowest BCUT2D eigenvalue weighted by molar-refractivity contribution is -0.279. The fourth-order valence-electron chi connectivity index (χ4n) is 12.7. The number of nitrogens with one attached hydrogen (secondary N) is 6. The van der Waals surface area contributed by atoms with Crippen LogP contribution >= 0.6 is 0 Å². The molecule has 130 heavy (non-hydrogen) atoms. The molecule has 0 radical (unpaired) electrons. The molecule has 16 atom stereocenters. The van der Waals surface area contributed by atoms with Gasteiger partial charge in [-0.2, -0.15) is 0 Å². The van der Waals surface area contributed by atoms with Gasteiger partial charge in [0.1, 0.15) is 94.8 Å². The number of hydrogen-bond acceptors (Lipinski definition) is 41. The summed E-state index contributed by atoms with van der Waals surface area (Å²) in [6.07, 6.45) is -12.7. The molecule has 736 valence electrons. The van der Waals surface area contributed by atoms with Crippen LogP contribution in [-0.2, 0) is 202 Å². The van der Waals surface area contributed by atoms with Crippen LogP contribution in [0.15, 0.2) is 30.3 Å². The van der Waals surface area contributed by atoms with Gasteiger partial charge in [-0.25, -0.2) is 4.79 Å². The molecular formula is C83H128N6O41. The minimum absolute atomic E-state index is 0.00349. The molecule has 0 bridgehead atoms. The van der Waals surface area contributed by atoms with Crippen LogP contribution < -0.4 is 31.9 Å². The average molecular weight is 1870 g/mol. The lowest BCUT2D eigenvalue weighted by Crippen LogP contribution is -2.66. The summed E-state index contributed by atoms with van der Waals surface area (Å²) in [5.74, 6) is -10.5. The first-order valence-electron chi connectivity index (χ1n) is 42.5. The molecule has 1 aromatic rings. The van der Waals surface area contributed by atoms with E-state index in [0.717, 1.165) is 41.5 Å². The van der Waals surface area contributed by atoms with E-state index in [1.54, 1.807) is 30.3 Å². The van der Waals surface area contributed by atoms with Crippen molar-refractivity contribution >= 4 is 95.1 Å². The van der Waals surface area contributed by atoms with E-state index in [-0.39, 0.29) is 184 Å². The van der Waals surface area contributed by atoms with Crippen molar-refractivity contribution in [2.75, 3.05) is 172 Å². The van der Waals surface area contributed by atoms with Gasteiger partial charge in [0, 0.05) is 95.7 Å². The second kappa shape index (κ2) is 65.7. The van der Waals surface area contributed by atoms with E-state index in [0.29, 0.717) is 24.8 Å². The van der Waals surface area contributed by atoms with E-state index in [9.17, 15) is 76.7 Å². The minimum atomic E-state index is -1.32. The van der Waals surface area contributed by atoms with Crippen LogP contribution in [0.1, 0.15) is 127 Å². The third-order valence-electron chi connectivity index (χ3n) is 18.1. The van der Waals surface area contributed by atoms with Crippen molar-refractivity contribution in [3.63, 3.8) is 0 Å². The Morgan fingerprint density at radius 3 is 1.08 bits per heavy atom. The molecule has 6 N–H and O–H groups in total. The molecule has 3 saturated heterocycles. The molecule has 6 amide bonds. The highest BCUT2D eigenvalue weighted by Gasteiger charge is 2.53. The SMILES string of the molecule is CC(=O)N[C@H]1[C@H](OCCOCCOCCOCC(=O)NCCCC[C@H](NC(=O)COCCOCCOCCO[C@@H]2O[C@H](COC(C)=O)[C@H](OC(C)=O)[C@H](OC(C)=O)[C@H]2NC(C)=O)C(=O)N[C@@H](CCCCNC(=O)COCCOCCOCCO[C@H]2C[C@@H](OC(C)=O)[C@@H](OC(C)=O)[C@@H](COC(C)=O)O2)C(=O)OCc2ccccc2)O[C@H](COC(C)=O)[C@H](OC(C)=O)[C@@H]1OC(C)=O. The van der Waals surface area contributed by atoms with E-state index in [1.807, 2.05) is 0 Å². The average Bonchev–Trinajstić information content (AvgIpc) is 1.16. The summed E-state index contributed by atoms with van der Waals surface area (Å²) < 4.78 is 139. The van der Waals surface area contributed by atoms with Gasteiger partial charge >= 0.3 is 59.7 Å². The number of hydrogen-bond donors (Lipinski definition) is 6. The van der Waals surface area contributed by atoms with Gasteiger partial charge in [-0.1, -0.05) is 30.3 Å². The van der Waals surface area contributed by atoms with E-state index in [4.69, 9.17) is 118 Å². The summed E-state index contributed by atoms with van der Waals surface area (Å²) in [5.41, 5.74) is 0.669. The highest BCUT2D eigenvalue weighted by molar-refractivity contribution is 5.91. The Bertz CT molecular complexity index is 3620. The maximum atomic E-state index is 14.3. The predicted octanol–water partition coefficient (Wildman–Crippen LogP) is -1.67. The molecule has 0 aliphatic carbocycles. The van der Waals surface area contributed by atoms with E-state index in [1.165, 1.54) is 34.6 Å². The summed E-state index contributed by atoms with van der Waals surface area (Å²) in [5, 5.41) is 16.2. The monoisotopic (exact) mass is 1860 g/mol. The van der Waals surface area contributed by atoms with Crippen LogP contribution in [0.2, 0.25) is 0 Å². The fraction of sp³-hybridized carbons (Fsp3) is 0.735. The lowest BCUT2D eigenvalue weighted by Gasteiger charge is -2.44. The quantitative estimate of drug-likeness (QED) is 0.0241. The van der Waals surface area contributed by atoms with E-state index < -0.39 is 213 Å². The molecule has 0 unspecified atom stereocenters. The van der Waals surface area contributed by atoms with Gasteiger partial charge in [0.15, 0.2) is 49.4 Å². The first-order chi connectivity index (χ1) is 62.2. The van der Waals surface area contributed by atoms with Crippen LogP contribution in [0.3, 0.4) is 0 Å². The Morgan fingerprint density at radius 2 is 0.692 bits per heavy atom. The zero-order chi connectivity index (χ0) is 95.6. The van der Waals surface area contributed by atoms with Gasteiger partial charge < -0.3 is 150 Å². The second-order valence-electron chi connectivity index (χ2n) is 29.2. The zero-order valence-corrected chi connectivity index (χ0v) is 75.4. The predicted molar refractivity (Wildman–Crippen MR) is 438 cm³/mol. The number of unbranched alkanes of at least 4 members (excludes halogenated alkanes) is 2. The van der Waals surface area contributed by atoms with Crippen LogP contribution in [0.5, 0.6) is 0 Å². The van der Waals surface area contributed by atoms with Crippen molar-refractivity contribution in [2.24, 2.45) is 0 Å². The number of benzene rings is 1. The summed E-state index contributed by atoms with van der Waals surface area (Å²) in [6, 6.07) is 3.99. The highest BCUT2D eigenvalue weighted by atomic mass is 16.7. The second-order valence-corrected chi connectivity index (χ2v) is 29.2. The van der Waals surface area contributed by atoms with Crippen molar-refractivity contribution in [3.05, 3.63) is 35.9 Å². The largest absolute Gasteiger partial charge is 0.463 e. The number of carbonyl (C=O) groups excluding carboxylic acids is 16. The molecule has 47 nitrogen and oxygen atoms in total. The Hall–Kier alpha value is -9.86. The number of esters is 10. The number of amides is 6. The van der Waals surface area contributed by atoms with Crippen molar-refractivity contribution in [3.8, 4) is 0 Å². The molecule has 3 heterocycles. The van der Waals surface area contributed by atoms with Crippen molar-refractivity contribution in [1.29, 1.82) is 0 Å². The first-order valence-corrected chi connectivity index (χ1v) is 42.5. The van der Waals surface area contributed by atoms with Gasteiger partial charge in [-0.3, -0.25) is 71.9 Å². The Balaban J connectivity index is 1.26. The molecule has 3 fully saturated rings. The van der Waals surface area contributed by atoms with Crippen LogP contribution in [0.4, 0.5) is 0 Å². The highest BCUT2D eigenvalue weighted by Crippen LogP contribution is 2.31. The summed E-state index contributed by atoms with van der Waals surface area (Å²) >= 11 is 0. The molecule has 3 aliphatic rings. The molecule has 4 rings (SSSR count).